The van der Waals surface area contributed by atoms with Crippen LogP contribution in [0.15, 0.2) is 48.1 Å². The lowest BCUT2D eigenvalue weighted by Crippen LogP contribution is -2.55. The summed E-state index contributed by atoms with van der Waals surface area (Å²) in [5.41, 5.74) is 0.372. The Balaban J connectivity index is 1.44. The van der Waals surface area contributed by atoms with Crippen molar-refractivity contribution < 1.29 is 41.0 Å². The Bertz CT molecular complexity index is 1490. The zero-order valence-electron chi connectivity index (χ0n) is 18.9. The lowest BCUT2D eigenvalue weighted by molar-refractivity contribution is -0.190. The Morgan fingerprint density at radius 1 is 1.13 bits per heavy atom. The average molecular weight is 554 g/mol. The largest absolute Gasteiger partial charge is 0.491 e. The van der Waals surface area contributed by atoms with E-state index in [1.54, 1.807) is 12.1 Å². The van der Waals surface area contributed by atoms with Gasteiger partial charge in [-0.25, -0.2) is 18.6 Å². The Kier molecular flexibility index (Phi) is 6.42. The molecule has 4 heterocycles. The van der Waals surface area contributed by atoms with E-state index in [-0.39, 0.29) is 28.8 Å². The van der Waals surface area contributed by atoms with E-state index >= 15 is 0 Å². The first-order chi connectivity index (χ1) is 18.0. The highest BCUT2D eigenvalue weighted by Gasteiger charge is 2.48. The molecule has 1 unspecified atom stereocenters. The maximum atomic E-state index is 14.9. The molecule has 0 radical (unpaired) electrons. The number of hydrogen-bond donors (Lipinski definition) is 0. The van der Waals surface area contributed by atoms with Crippen molar-refractivity contribution in [3.8, 4) is 17.3 Å². The van der Waals surface area contributed by atoms with Crippen LogP contribution in [0.25, 0.3) is 16.6 Å². The molecule has 10 nitrogen and oxygen atoms in total. The summed E-state index contributed by atoms with van der Waals surface area (Å²) in [6, 6.07) is 7.11. The second-order valence-electron chi connectivity index (χ2n) is 8.11. The highest BCUT2D eigenvalue weighted by molar-refractivity contribution is 7.04. The molecule has 1 saturated heterocycles. The van der Waals surface area contributed by atoms with Gasteiger partial charge in [0.25, 0.3) is 17.7 Å². The molecule has 1 aliphatic rings. The second kappa shape index (κ2) is 9.59. The lowest BCUT2D eigenvalue weighted by Gasteiger charge is -2.37. The minimum atomic E-state index is -5.35. The lowest BCUT2D eigenvalue weighted by atomic mass is 10.0. The molecule has 16 heteroatoms. The number of pyridine rings is 1. The van der Waals surface area contributed by atoms with Crippen molar-refractivity contribution in [2.24, 2.45) is 0 Å². The number of amides is 1. The van der Waals surface area contributed by atoms with Crippen LogP contribution < -0.4 is 9.47 Å². The molecule has 38 heavy (non-hydrogen) atoms. The zero-order chi connectivity index (χ0) is 27.1. The summed E-state index contributed by atoms with van der Waals surface area (Å²) < 4.78 is 82.2. The molecule has 4 aromatic rings. The number of piperidine rings is 1. The molecule has 1 aliphatic heterocycles. The molecular formula is C22H15F5N6O4S. The third kappa shape index (κ3) is 4.98. The number of hydrogen-bond acceptors (Lipinski definition) is 9. The quantitative estimate of drug-likeness (QED) is 0.271. The van der Waals surface area contributed by atoms with Crippen molar-refractivity contribution in [1.29, 1.82) is 0 Å². The summed E-state index contributed by atoms with van der Waals surface area (Å²) in [4.78, 5) is 30.9. The van der Waals surface area contributed by atoms with E-state index in [2.05, 4.69) is 24.3 Å². The minimum Gasteiger partial charge on any atom is -0.463 e. The Morgan fingerprint density at radius 3 is 2.61 bits per heavy atom. The number of ether oxygens (including phenoxy) is 2. The van der Waals surface area contributed by atoms with Gasteiger partial charge in [-0.3, -0.25) is 4.79 Å². The van der Waals surface area contributed by atoms with E-state index in [1.165, 1.54) is 29.9 Å². The van der Waals surface area contributed by atoms with Crippen molar-refractivity contribution in [3.63, 3.8) is 0 Å². The average Bonchev–Trinajstić information content (AvgIpc) is 3.56. The fourth-order valence-electron chi connectivity index (χ4n) is 3.72. The number of aromatic nitrogens is 5. The summed E-state index contributed by atoms with van der Waals surface area (Å²) in [5.74, 6) is -8.32. The van der Waals surface area contributed by atoms with Crippen LogP contribution in [-0.4, -0.2) is 72.4 Å². The number of esters is 1. The number of carbonyl (C=O) groups is 2. The van der Waals surface area contributed by atoms with Crippen molar-refractivity contribution in [2.75, 3.05) is 13.1 Å². The number of para-hydroxylation sites is 1. The summed E-state index contributed by atoms with van der Waals surface area (Å²) in [6.07, 6.45) is -5.42. The van der Waals surface area contributed by atoms with Gasteiger partial charge in [0.05, 0.1) is 24.5 Å². The zero-order valence-corrected chi connectivity index (χ0v) is 19.7. The molecule has 0 saturated carbocycles. The monoisotopic (exact) mass is 554 g/mol. The normalized spacial score (nSPS) is 17.4. The Hall–Kier alpha value is -4.21. The molecule has 198 valence electrons. The summed E-state index contributed by atoms with van der Waals surface area (Å²) in [7, 11) is 0. The fourth-order valence-corrected chi connectivity index (χ4v) is 4.35. The van der Waals surface area contributed by atoms with Gasteiger partial charge in [0.2, 0.25) is 0 Å². The van der Waals surface area contributed by atoms with Crippen LogP contribution in [0.1, 0.15) is 16.9 Å². The number of rotatable bonds is 5. The number of alkyl halides is 5. The van der Waals surface area contributed by atoms with Crippen molar-refractivity contribution in [2.45, 2.75) is 24.6 Å². The number of carbonyl (C=O) groups excluding carboxylic acids is 2. The van der Waals surface area contributed by atoms with Crippen LogP contribution in [0.5, 0.6) is 11.6 Å². The highest BCUT2D eigenvalue weighted by atomic mass is 32.1. The number of nitrogens with zero attached hydrogens (tertiary/aromatic N) is 6. The van der Waals surface area contributed by atoms with Gasteiger partial charge in [-0.15, -0.1) is 4.80 Å². The topological polar surface area (TPSA) is 112 Å². The second-order valence-corrected chi connectivity index (χ2v) is 8.74. The van der Waals surface area contributed by atoms with E-state index in [0.29, 0.717) is 0 Å². The number of halogens is 5. The molecule has 1 amide bonds. The van der Waals surface area contributed by atoms with Crippen LogP contribution in [-0.2, 0) is 4.79 Å². The third-order valence-corrected chi connectivity index (χ3v) is 6.21. The van der Waals surface area contributed by atoms with E-state index in [9.17, 15) is 31.5 Å². The molecule has 0 bridgehead atoms. The van der Waals surface area contributed by atoms with E-state index in [1.807, 2.05) is 0 Å². The molecule has 0 N–H and O–H groups in total. The maximum Gasteiger partial charge on any atom is 0.491 e. The standard InChI is InChI=1S/C22H15F5N6O4S/c23-21(24)5-8-32(19(34)17-14(11-38-31-17)33-28-6-7-29-33)10-16(21)37-18-15(36-20(35)22(25,26)27)9-12-3-1-2-4-13(12)30-18/h1-4,6-7,9,11,16H,5,8,10H2. The third-order valence-electron chi connectivity index (χ3n) is 5.59. The van der Waals surface area contributed by atoms with Gasteiger partial charge < -0.3 is 14.4 Å². The predicted octanol–water partition coefficient (Wildman–Crippen LogP) is 3.67. The van der Waals surface area contributed by atoms with Crippen molar-refractivity contribution >= 4 is 34.3 Å². The van der Waals surface area contributed by atoms with Gasteiger partial charge in [-0.05, 0) is 23.7 Å². The summed E-state index contributed by atoms with van der Waals surface area (Å²) in [6.45, 7) is -1.01. The first-order valence-electron chi connectivity index (χ1n) is 10.9. The first-order valence-corrected chi connectivity index (χ1v) is 11.7. The highest BCUT2D eigenvalue weighted by Crippen LogP contribution is 2.37. The molecular weight excluding hydrogens is 539 g/mol. The van der Waals surface area contributed by atoms with Crippen LogP contribution in [0.4, 0.5) is 22.0 Å². The van der Waals surface area contributed by atoms with Crippen LogP contribution in [0.2, 0.25) is 0 Å². The Morgan fingerprint density at radius 2 is 1.87 bits per heavy atom. The molecule has 1 fully saturated rings. The fraction of sp³-hybridized carbons (Fsp3) is 0.273. The van der Waals surface area contributed by atoms with Crippen LogP contribution in [0.3, 0.4) is 0 Å². The molecule has 1 atom stereocenters. The smallest absolute Gasteiger partial charge is 0.463 e. The number of fused-ring (bicyclic) bond motifs is 1. The van der Waals surface area contributed by atoms with E-state index < -0.39 is 54.7 Å². The SMILES string of the molecule is O=C(c1nscc1-n1nccn1)N1CCC(F)(F)C(Oc2nc3ccccc3cc2OC(=O)C(F)(F)F)C1. The van der Waals surface area contributed by atoms with Crippen LogP contribution in [0, 0.1) is 0 Å². The van der Waals surface area contributed by atoms with Crippen molar-refractivity contribution in [1.82, 2.24) is 29.3 Å². The summed E-state index contributed by atoms with van der Waals surface area (Å²) >= 11 is 0.943. The Labute approximate surface area is 213 Å². The van der Waals surface area contributed by atoms with Gasteiger partial charge in [-0.1, -0.05) is 18.2 Å². The van der Waals surface area contributed by atoms with E-state index in [4.69, 9.17) is 4.74 Å². The van der Waals surface area contributed by atoms with E-state index in [0.717, 1.165) is 27.3 Å². The molecule has 3 aromatic heterocycles. The summed E-state index contributed by atoms with van der Waals surface area (Å²) in [5, 5.41) is 9.68. The van der Waals surface area contributed by atoms with Gasteiger partial charge in [0.15, 0.2) is 17.5 Å². The van der Waals surface area contributed by atoms with Crippen LogP contribution >= 0.6 is 11.5 Å². The molecule has 5 rings (SSSR count). The maximum absolute atomic E-state index is 14.9. The number of likely N-dealkylation sites (tertiary alicyclic amines) is 1. The van der Waals surface area contributed by atoms with Gasteiger partial charge in [-0.2, -0.15) is 27.7 Å². The van der Waals surface area contributed by atoms with Gasteiger partial charge in [0, 0.05) is 23.7 Å². The van der Waals surface area contributed by atoms with Crippen molar-refractivity contribution in [3.05, 3.63) is 53.8 Å². The predicted molar refractivity (Wildman–Crippen MR) is 120 cm³/mol. The number of benzene rings is 1. The van der Waals surface area contributed by atoms with Gasteiger partial charge in [0.1, 0.15) is 5.69 Å². The van der Waals surface area contributed by atoms with Gasteiger partial charge >= 0.3 is 12.1 Å². The minimum absolute atomic E-state index is 0.0706. The molecule has 1 aromatic carbocycles. The first kappa shape index (κ1) is 25.4. The molecule has 0 spiro atoms. The molecule has 0 aliphatic carbocycles.